The minimum Gasteiger partial charge on any atom is -0.398 e. The molecule has 1 aromatic carbocycles. The van der Waals surface area contributed by atoms with Gasteiger partial charge in [0.05, 0.1) is 5.56 Å². The SMILES string of the molecule is CCC(C)N(CC)C(=O)c1ccc(C)cc1N. The van der Waals surface area contributed by atoms with Crippen LogP contribution in [0.15, 0.2) is 18.2 Å². The minimum absolute atomic E-state index is 0.0272. The molecular formula is C14H22N2O. The predicted molar refractivity (Wildman–Crippen MR) is 72.1 cm³/mol. The number of nitrogens with two attached hydrogens (primary N) is 1. The Morgan fingerprint density at radius 1 is 1.41 bits per heavy atom. The van der Waals surface area contributed by atoms with E-state index in [2.05, 4.69) is 13.8 Å². The van der Waals surface area contributed by atoms with Crippen molar-refractivity contribution in [3.63, 3.8) is 0 Å². The van der Waals surface area contributed by atoms with Gasteiger partial charge in [0.1, 0.15) is 0 Å². The molecule has 1 atom stereocenters. The van der Waals surface area contributed by atoms with Gasteiger partial charge in [0.15, 0.2) is 0 Å². The van der Waals surface area contributed by atoms with Gasteiger partial charge in [-0.3, -0.25) is 4.79 Å². The van der Waals surface area contributed by atoms with Crippen molar-refractivity contribution in [3.05, 3.63) is 29.3 Å². The van der Waals surface area contributed by atoms with E-state index in [4.69, 9.17) is 5.73 Å². The van der Waals surface area contributed by atoms with Crippen LogP contribution in [-0.4, -0.2) is 23.4 Å². The van der Waals surface area contributed by atoms with Gasteiger partial charge in [0.2, 0.25) is 0 Å². The summed E-state index contributed by atoms with van der Waals surface area (Å²) in [6.07, 6.45) is 0.950. The molecular weight excluding hydrogens is 212 g/mol. The van der Waals surface area contributed by atoms with Crippen molar-refractivity contribution in [2.75, 3.05) is 12.3 Å². The Morgan fingerprint density at radius 2 is 2.06 bits per heavy atom. The lowest BCUT2D eigenvalue weighted by Gasteiger charge is -2.27. The molecule has 0 bridgehead atoms. The molecule has 3 nitrogen and oxygen atoms in total. The Balaban J connectivity index is 3.02. The monoisotopic (exact) mass is 234 g/mol. The zero-order chi connectivity index (χ0) is 13.0. The number of aryl methyl sites for hydroxylation is 1. The topological polar surface area (TPSA) is 46.3 Å². The average molecular weight is 234 g/mol. The third kappa shape index (κ3) is 2.99. The van der Waals surface area contributed by atoms with Crippen LogP contribution in [0.3, 0.4) is 0 Å². The summed E-state index contributed by atoms with van der Waals surface area (Å²) in [5.41, 5.74) is 8.16. The third-order valence-electron chi connectivity index (χ3n) is 3.16. The fraction of sp³-hybridized carbons (Fsp3) is 0.500. The molecule has 0 aliphatic heterocycles. The van der Waals surface area contributed by atoms with Crippen molar-refractivity contribution in [2.45, 2.75) is 40.2 Å². The Kier molecular flexibility index (Phi) is 4.55. The molecule has 3 heteroatoms. The first-order valence-corrected chi connectivity index (χ1v) is 6.18. The highest BCUT2D eigenvalue weighted by molar-refractivity contribution is 5.99. The van der Waals surface area contributed by atoms with Crippen LogP contribution in [0.25, 0.3) is 0 Å². The number of nitrogens with zero attached hydrogens (tertiary/aromatic N) is 1. The highest BCUT2D eigenvalue weighted by Crippen LogP contribution is 2.18. The zero-order valence-electron chi connectivity index (χ0n) is 11.2. The summed E-state index contributed by atoms with van der Waals surface area (Å²) in [6.45, 7) is 8.82. The molecule has 17 heavy (non-hydrogen) atoms. The van der Waals surface area contributed by atoms with Gasteiger partial charge in [-0.15, -0.1) is 0 Å². The number of rotatable bonds is 4. The van der Waals surface area contributed by atoms with Gasteiger partial charge < -0.3 is 10.6 Å². The van der Waals surface area contributed by atoms with Crippen LogP contribution in [0, 0.1) is 6.92 Å². The standard InChI is InChI=1S/C14H22N2O/c1-5-11(4)16(6-2)14(17)12-8-7-10(3)9-13(12)15/h7-9,11H,5-6,15H2,1-4H3. The largest absolute Gasteiger partial charge is 0.398 e. The maximum Gasteiger partial charge on any atom is 0.256 e. The highest BCUT2D eigenvalue weighted by Gasteiger charge is 2.20. The van der Waals surface area contributed by atoms with Gasteiger partial charge in [-0.25, -0.2) is 0 Å². The van der Waals surface area contributed by atoms with Crippen molar-refractivity contribution in [2.24, 2.45) is 0 Å². The highest BCUT2D eigenvalue weighted by atomic mass is 16.2. The van der Waals surface area contributed by atoms with E-state index in [0.29, 0.717) is 17.8 Å². The summed E-state index contributed by atoms with van der Waals surface area (Å²) >= 11 is 0. The van der Waals surface area contributed by atoms with Crippen LogP contribution in [-0.2, 0) is 0 Å². The van der Waals surface area contributed by atoms with Gasteiger partial charge >= 0.3 is 0 Å². The van der Waals surface area contributed by atoms with Crippen LogP contribution in [0.4, 0.5) is 5.69 Å². The Labute approximate surface area is 104 Å². The van der Waals surface area contributed by atoms with E-state index < -0.39 is 0 Å². The first-order chi connectivity index (χ1) is 8.01. The maximum absolute atomic E-state index is 12.4. The summed E-state index contributed by atoms with van der Waals surface area (Å²) in [5, 5.41) is 0. The van der Waals surface area contributed by atoms with Crippen LogP contribution >= 0.6 is 0 Å². The van der Waals surface area contributed by atoms with E-state index in [-0.39, 0.29) is 11.9 Å². The third-order valence-corrected chi connectivity index (χ3v) is 3.16. The van der Waals surface area contributed by atoms with E-state index in [1.54, 1.807) is 0 Å². The number of carbonyl (C=O) groups is 1. The van der Waals surface area contributed by atoms with Crippen LogP contribution in [0.5, 0.6) is 0 Å². The second kappa shape index (κ2) is 5.71. The summed E-state index contributed by atoms with van der Waals surface area (Å²) in [5.74, 6) is 0.0272. The molecule has 0 aliphatic carbocycles. The normalized spacial score (nSPS) is 12.2. The van der Waals surface area contributed by atoms with Gasteiger partial charge in [-0.05, 0) is 44.9 Å². The number of carbonyl (C=O) groups excluding carboxylic acids is 1. The van der Waals surface area contributed by atoms with E-state index in [1.165, 1.54) is 0 Å². The van der Waals surface area contributed by atoms with Crippen LogP contribution in [0.2, 0.25) is 0 Å². The predicted octanol–water partition coefficient (Wildman–Crippen LogP) is 2.84. The Bertz CT molecular complexity index is 401. The second-order valence-corrected chi connectivity index (χ2v) is 4.44. The van der Waals surface area contributed by atoms with Gasteiger partial charge in [-0.1, -0.05) is 13.0 Å². The van der Waals surface area contributed by atoms with E-state index in [9.17, 15) is 4.79 Å². The molecule has 0 radical (unpaired) electrons. The van der Waals surface area contributed by atoms with Crippen LogP contribution in [0.1, 0.15) is 43.1 Å². The molecule has 0 saturated heterocycles. The first kappa shape index (κ1) is 13.6. The summed E-state index contributed by atoms with van der Waals surface area (Å²) < 4.78 is 0. The molecule has 0 fully saturated rings. The Morgan fingerprint density at radius 3 is 2.53 bits per heavy atom. The first-order valence-electron chi connectivity index (χ1n) is 6.18. The van der Waals surface area contributed by atoms with Crippen molar-refractivity contribution in [1.82, 2.24) is 4.90 Å². The number of hydrogen-bond acceptors (Lipinski definition) is 2. The number of benzene rings is 1. The lowest BCUT2D eigenvalue weighted by atomic mass is 10.1. The average Bonchev–Trinajstić information content (AvgIpc) is 2.29. The molecule has 94 valence electrons. The van der Waals surface area contributed by atoms with E-state index in [1.807, 2.05) is 36.9 Å². The van der Waals surface area contributed by atoms with Crippen molar-refractivity contribution >= 4 is 11.6 Å². The van der Waals surface area contributed by atoms with E-state index >= 15 is 0 Å². The lowest BCUT2D eigenvalue weighted by Crippen LogP contribution is -2.38. The smallest absolute Gasteiger partial charge is 0.256 e. The second-order valence-electron chi connectivity index (χ2n) is 4.44. The molecule has 1 unspecified atom stereocenters. The molecule has 0 aromatic heterocycles. The molecule has 0 saturated carbocycles. The fourth-order valence-corrected chi connectivity index (χ4v) is 1.91. The fourth-order valence-electron chi connectivity index (χ4n) is 1.91. The number of nitrogen functional groups attached to an aromatic ring is 1. The lowest BCUT2D eigenvalue weighted by molar-refractivity contribution is 0.0701. The molecule has 1 aromatic rings. The number of hydrogen-bond donors (Lipinski definition) is 1. The van der Waals surface area contributed by atoms with Crippen molar-refractivity contribution in [3.8, 4) is 0 Å². The van der Waals surface area contributed by atoms with Crippen LogP contribution < -0.4 is 5.73 Å². The van der Waals surface area contributed by atoms with Gasteiger partial charge in [0, 0.05) is 18.3 Å². The van der Waals surface area contributed by atoms with Gasteiger partial charge in [0.25, 0.3) is 5.91 Å². The summed E-state index contributed by atoms with van der Waals surface area (Å²) in [4.78, 5) is 14.2. The Hall–Kier alpha value is -1.51. The van der Waals surface area contributed by atoms with Gasteiger partial charge in [-0.2, -0.15) is 0 Å². The molecule has 0 heterocycles. The molecule has 1 rings (SSSR count). The number of amides is 1. The molecule has 2 N–H and O–H groups in total. The van der Waals surface area contributed by atoms with E-state index in [0.717, 1.165) is 12.0 Å². The maximum atomic E-state index is 12.4. The molecule has 0 aliphatic rings. The number of anilines is 1. The minimum atomic E-state index is 0.0272. The van der Waals surface area contributed by atoms with Crippen molar-refractivity contribution in [1.29, 1.82) is 0 Å². The summed E-state index contributed by atoms with van der Waals surface area (Å²) in [7, 11) is 0. The van der Waals surface area contributed by atoms with Crippen molar-refractivity contribution < 1.29 is 4.79 Å². The quantitative estimate of drug-likeness (QED) is 0.814. The molecule has 0 spiro atoms. The molecule has 1 amide bonds. The summed E-state index contributed by atoms with van der Waals surface area (Å²) in [6, 6.07) is 5.83. The zero-order valence-corrected chi connectivity index (χ0v) is 11.2.